The first-order valence-corrected chi connectivity index (χ1v) is 5.28. The molecule has 2 atom stereocenters. The maximum absolute atomic E-state index is 11.0. The third-order valence-corrected chi connectivity index (χ3v) is 2.55. The van der Waals surface area contributed by atoms with Crippen LogP contribution in [0.5, 0.6) is 0 Å². The van der Waals surface area contributed by atoms with E-state index in [4.69, 9.17) is 10.2 Å². The van der Waals surface area contributed by atoms with Crippen LogP contribution in [0.25, 0.3) is 0 Å². The average molecular weight is 240 g/mol. The van der Waals surface area contributed by atoms with Gasteiger partial charge in [-0.1, -0.05) is 17.7 Å². The van der Waals surface area contributed by atoms with Gasteiger partial charge >= 0.3 is 5.97 Å². The lowest BCUT2D eigenvalue weighted by Gasteiger charge is -2.19. The Labute approximate surface area is 99.0 Å². The van der Waals surface area contributed by atoms with Gasteiger partial charge in [-0.05, 0) is 25.0 Å². The lowest BCUT2D eigenvalue weighted by atomic mass is 9.96. The smallest absolute Gasteiger partial charge is 0.336 e. The molecule has 5 heteroatoms. The van der Waals surface area contributed by atoms with E-state index in [2.05, 4.69) is 0 Å². The monoisotopic (exact) mass is 240 g/mol. The van der Waals surface area contributed by atoms with Gasteiger partial charge in [0, 0.05) is 6.61 Å². The van der Waals surface area contributed by atoms with Crippen molar-refractivity contribution in [2.45, 2.75) is 25.6 Å². The largest absolute Gasteiger partial charge is 0.478 e. The summed E-state index contributed by atoms with van der Waals surface area (Å²) in [6, 6.07) is 4.58. The second-order valence-electron chi connectivity index (χ2n) is 3.92. The van der Waals surface area contributed by atoms with E-state index in [0.29, 0.717) is 0 Å². The Morgan fingerprint density at radius 2 is 2.00 bits per heavy atom. The van der Waals surface area contributed by atoms with E-state index in [9.17, 15) is 15.0 Å². The molecule has 94 valence electrons. The average Bonchev–Trinajstić information content (AvgIpc) is 2.28. The van der Waals surface area contributed by atoms with Crippen molar-refractivity contribution < 1.29 is 25.2 Å². The molecule has 0 spiro atoms. The highest BCUT2D eigenvalue weighted by molar-refractivity contribution is 5.89. The fourth-order valence-electron chi connectivity index (χ4n) is 1.61. The Morgan fingerprint density at radius 1 is 1.35 bits per heavy atom. The van der Waals surface area contributed by atoms with Gasteiger partial charge in [0.1, 0.15) is 6.10 Å². The Morgan fingerprint density at radius 3 is 2.53 bits per heavy atom. The lowest BCUT2D eigenvalue weighted by Crippen LogP contribution is -2.21. The van der Waals surface area contributed by atoms with Crippen molar-refractivity contribution >= 4 is 5.97 Å². The van der Waals surface area contributed by atoms with Gasteiger partial charge in [-0.15, -0.1) is 0 Å². The summed E-state index contributed by atoms with van der Waals surface area (Å²) in [5, 5.41) is 37.0. The molecule has 0 saturated carbocycles. The third kappa shape index (κ3) is 3.26. The minimum absolute atomic E-state index is 0.00585. The van der Waals surface area contributed by atoms with E-state index < -0.39 is 18.2 Å². The molecule has 0 radical (unpaired) electrons. The number of aliphatic hydroxyl groups excluding tert-OH is 3. The second kappa shape index (κ2) is 5.77. The minimum atomic E-state index is -1.31. The van der Waals surface area contributed by atoms with Gasteiger partial charge in [0.05, 0.1) is 11.7 Å². The van der Waals surface area contributed by atoms with Crippen LogP contribution in [0.15, 0.2) is 18.2 Å². The van der Waals surface area contributed by atoms with Crippen molar-refractivity contribution in [2.24, 2.45) is 0 Å². The summed E-state index contributed by atoms with van der Waals surface area (Å²) < 4.78 is 0. The van der Waals surface area contributed by atoms with Crippen molar-refractivity contribution in [2.75, 3.05) is 6.61 Å². The summed E-state index contributed by atoms with van der Waals surface area (Å²) in [6.45, 7) is 1.47. The van der Waals surface area contributed by atoms with Crippen LogP contribution in [0.1, 0.15) is 34.0 Å². The first-order valence-electron chi connectivity index (χ1n) is 5.28. The van der Waals surface area contributed by atoms with E-state index in [1.54, 1.807) is 13.0 Å². The number of carboxylic acids is 1. The van der Waals surface area contributed by atoms with Crippen LogP contribution >= 0.6 is 0 Å². The van der Waals surface area contributed by atoms with E-state index in [1.165, 1.54) is 12.1 Å². The summed E-state index contributed by atoms with van der Waals surface area (Å²) in [5.41, 5.74) is 0.883. The predicted molar refractivity (Wildman–Crippen MR) is 60.8 cm³/mol. The Bertz CT molecular complexity index is 402. The van der Waals surface area contributed by atoms with Crippen LogP contribution in [-0.2, 0) is 0 Å². The molecule has 0 saturated heterocycles. The fraction of sp³-hybridized carbons (Fsp3) is 0.417. The fourth-order valence-corrected chi connectivity index (χ4v) is 1.61. The van der Waals surface area contributed by atoms with Gasteiger partial charge in [0.25, 0.3) is 0 Å². The van der Waals surface area contributed by atoms with Crippen molar-refractivity contribution in [1.82, 2.24) is 0 Å². The summed E-state index contributed by atoms with van der Waals surface area (Å²) in [6.07, 6.45) is -2.50. The topological polar surface area (TPSA) is 98.0 Å². The van der Waals surface area contributed by atoms with Crippen LogP contribution in [0.2, 0.25) is 0 Å². The Balaban J connectivity index is 3.08. The number of carbonyl (C=O) groups is 1. The van der Waals surface area contributed by atoms with E-state index in [1.807, 2.05) is 0 Å². The van der Waals surface area contributed by atoms with Crippen LogP contribution < -0.4 is 0 Å². The van der Waals surface area contributed by atoms with Gasteiger partial charge in [-0.3, -0.25) is 0 Å². The van der Waals surface area contributed by atoms with Gasteiger partial charge in [-0.25, -0.2) is 4.79 Å². The summed E-state index contributed by atoms with van der Waals surface area (Å²) in [4.78, 5) is 11.0. The van der Waals surface area contributed by atoms with Crippen LogP contribution in [0.4, 0.5) is 0 Å². The maximum Gasteiger partial charge on any atom is 0.336 e. The molecule has 0 aromatic heterocycles. The molecule has 1 aromatic rings. The molecule has 17 heavy (non-hydrogen) atoms. The van der Waals surface area contributed by atoms with Crippen molar-refractivity contribution in [3.05, 3.63) is 34.9 Å². The van der Waals surface area contributed by atoms with E-state index in [0.717, 1.165) is 5.56 Å². The first-order chi connectivity index (χ1) is 7.97. The first kappa shape index (κ1) is 13.6. The second-order valence-corrected chi connectivity index (χ2v) is 3.92. The summed E-state index contributed by atoms with van der Waals surface area (Å²) in [5.74, 6) is -1.15. The molecule has 2 unspecified atom stereocenters. The standard InChI is InChI=1S/C12H16O5/c1-7-2-3-8(9(6-7)12(16)17)11(15)10(14)4-5-13/h2-3,6,10-11,13-15H,4-5H2,1H3,(H,16,17). The molecule has 5 nitrogen and oxygen atoms in total. The summed E-state index contributed by atoms with van der Waals surface area (Å²) >= 11 is 0. The zero-order chi connectivity index (χ0) is 13.0. The number of hydrogen-bond acceptors (Lipinski definition) is 4. The molecule has 0 amide bonds. The molecule has 1 aromatic carbocycles. The van der Waals surface area contributed by atoms with Gasteiger partial charge in [0.2, 0.25) is 0 Å². The predicted octanol–water partition coefficient (Wildman–Crippen LogP) is 0.470. The number of rotatable bonds is 5. The van der Waals surface area contributed by atoms with E-state index in [-0.39, 0.29) is 24.2 Å². The number of aliphatic hydroxyl groups is 3. The molecule has 0 aliphatic heterocycles. The zero-order valence-electron chi connectivity index (χ0n) is 9.50. The van der Waals surface area contributed by atoms with Crippen molar-refractivity contribution in [3.63, 3.8) is 0 Å². The SMILES string of the molecule is Cc1ccc(C(O)C(O)CCO)c(C(=O)O)c1. The molecular formula is C12H16O5. The van der Waals surface area contributed by atoms with Gasteiger partial charge < -0.3 is 20.4 Å². The summed E-state index contributed by atoms with van der Waals surface area (Å²) in [7, 11) is 0. The number of aromatic carboxylic acids is 1. The number of benzene rings is 1. The molecule has 0 aliphatic rings. The Kier molecular flexibility index (Phi) is 4.62. The van der Waals surface area contributed by atoms with Gasteiger partial charge in [-0.2, -0.15) is 0 Å². The third-order valence-electron chi connectivity index (χ3n) is 2.55. The molecule has 4 N–H and O–H groups in total. The van der Waals surface area contributed by atoms with Crippen LogP contribution in [0, 0.1) is 6.92 Å². The number of aryl methyl sites for hydroxylation is 1. The number of hydrogen-bond donors (Lipinski definition) is 4. The van der Waals surface area contributed by atoms with Crippen molar-refractivity contribution in [3.8, 4) is 0 Å². The van der Waals surface area contributed by atoms with Gasteiger partial charge in [0.15, 0.2) is 0 Å². The molecular weight excluding hydrogens is 224 g/mol. The highest BCUT2D eigenvalue weighted by Crippen LogP contribution is 2.23. The molecule has 0 bridgehead atoms. The molecule has 0 heterocycles. The van der Waals surface area contributed by atoms with Crippen LogP contribution in [-0.4, -0.2) is 39.1 Å². The zero-order valence-corrected chi connectivity index (χ0v) is 9.50. The molecule has 0 aliphatic carbocycles. The highest BCUT2D eigenvalue weighted by atomic mass is 16.4. The highest BCUT2D eigenvalue weighted by Gasteiger charge is 2.23. The minimum Gasteiger partial charge on any atom is -0.478 e. The quantitative estimate of drug-likeness (QED) is 0.599. The number of carboxylic acid groups (broad SMARTS) is 1. The maximum atomic E-state index is 11.0. The van der Waals surface area contributed by atoms with E-state index >= 15 is 0 Å². The van der Waals surface area contributed by atoms with Crippen LogP contribution in [0.3, 0.4) is 0 Å². The molecule has 0 fully saturated rings. The molecule has 1 rings (SSSR count). The lowest BCUT2D eigenvalue weighted by molar-refractivity contribution is 0.00350. The normalized spacial score (nSPS) is 14.4. The Hall–Kier alpha value is -1.43. The van der Waals surface area contributed by atoms with Crippen molar-refractivity contribution in [1.29, 1.82) is 0 Å².